The molecule has 0 heterocycles. The van der Waals surface area contributed by atoms with Gasteiger partial charge in [-0.3, -0.25) is 0 Å². The molecule has 21 heavy (non-hydrogen) atoms. The Morgan fingerprint density at radius 2 is 2.05 bits per heavy atom. The molecule has 0 atom stereocenters. The number of rotatable bonds is 8. The molecule has 0 saturated carbocycles. The van der Waals surface area contributed by atoms with Gasteiger partial charge in [-0.1, -0.05) is 38.3 Å². The maximum absolute atomic E-state index is 11.7. The number of benzene rings is 1. The molecule has 2 amide bonds. The van der Waals surface area contributed by atoms with Crippen LogP contribution in [0.25, 0.3) is 6.08 Å². The highest BCUT2D eigenvalue weighted by Crippen LogP contribution is 2.11. The molecule has 0 fully saturated rings. The lowest BCUT2D eigenvalue weighted by atomic mass is 10.2. The van der Waals surface area contributed by atoms with Gasteiger partial charge >= 0.3 is 12.0 Å². The van der Waals surface area contributed by atoms with Crippen LogP contribution in [0.2, 0.25) is 0 Å². The molecule has 5 heteroatoms. The van der Waals surface area contributed by atoms with Gasteiger partial charge in [-0.25, -0.2) is 9.59 Å². The Hall–Kier alpha value is -2.30. The van der Waals surface area contributed by atoms with Crippen molar-refractivity contribution in [1.82, 2.24) is 5.32 Å². The van der Waals surface area contributed by atoms with Gasteiger partial charge in [0.1, 0.15) is 0 Å². The zero-order chi connectivity index (χ0) is 15.5. The molecule has 0 saturated heterocycles. The van der Waals surface area contributed by atoms with Gasteiger partial charge in [0, 0.05) is 18.3 Å². The number of hydrogen-bond donors (Lipinski definition) is 3. The number of amides is 2. The molecule has 1 aromatic carbocycles. The number of anilines is 1. The number of carbonyl (C=O) groups is 2. The van der Waals surface area contributed by atoms with Crippen molar-refractivity contribution >= 4 is 23.8 Å². The first-order chi connectivity index (χ1) is 10.1. The molecule has 0 aliphatic heterocycles. The summed E-state index contributed by atoms with van der Waals surface area (Å²) >= 11 is 0. The molecule has 5 nitrogen and oxygen atoms in total. The molecule has 1 aromatic rings. The Bertz CT molecular complexity index is 498. The highest BCUT2D eigenvalue weighted by Gasteiger charge is 2.01. The minimum Gasteiger partial charge on any atom is -0.478 e. The summed E-state index contributed by atoms with van der Waals surface area (Å²) in [6.45, 7) is 2.80. The van der Waals surface area contributed by atoms with E-state index in [-0.39, 0.29) is 6.03 Å². The molecule has 114 valence electrons. The molecule has 3 N–H and O–H groups in total. The van der Waals surface area contributed by atoms with Crippen LogP contribution in [0.4, 0.5) is 10.5 Å². The Kier molecular flexibility index (Phi) is 7.64. The number of aliphatic carboxylic acids is 1. The SMILES string of the molecule is CCCCCCNC(=O)Nc1cccc(/C=C/C(=O)O)c1. The number of hydrogen-bond acceptors (Lipinski definition) is 2. The van der Waals surface area contributed by atoms with Crippen molar-refractivity contribution in [3.05, 3.63) is 35.9 Å². The third kappa shape index (κ3) is 7.77. The fraction of sp³-hybridized carbons (Fsp3) is 0.375. The van der Waals surface area contributed by atoms with Gasteiger partial charge in [-0.15, -0.1) is 0 Å². The number of urea groups is 1. The summed E-state index contributed by atoms with van der Waals surface area (Å²) in [7, 11) is 0. The lowest BCUT2D eigenvalue weighted by molar-refractivity contribution is -0.131. The van der Waals surface area contributed by atoms with E-state index < -0.39 is 5.97 Å². The van der Waals surface area contributed by atoms with Gasteiger partial charge in [-0.2, -0.15) is 0 Å². The van der Waals surface area contributed by atoms with E-state index in [2.05, 4.69) is 17.6 Å². The van der Waals surface area contributed by atoms with Crippen LogP contribution < -0.4 is 10.6 Å². The fourth-order valence-electron chi connectivity index (χ4n) is 1.82. The second-order valence-corrected chi connectivity index (χ2v) is 4.74. The average molecular weight is 290 g/mol. The largest absolute Gasteiger partial charge is 0.478 e. The number of carbonyl (C=O) groups excluding carboxylic acids is 1. The van der Waals surface area contributed by atoms with E-state index in [1.54, 1.807) is 24.3 Å². The second-order valence-electron chi connectivity index (χ2n) is 4.74. The number of carboxylic acid groups (broad SMARTS) is 1. The van der Waals surface area contributed by atoms with E-state index in [9.17, 15) is 9.59 Å². The third-order valence-electron chi connectivity index (χ3n) is 2.88. The maximum Gasteiger partial charge on any atom is 0.328 e. The van der Waals surface area contributed by atoms with Crippen LogP contribution in [0.1, 0.15) is 38.2 Å². The molecule has 0 bridgehead atoms. The maximum atomic E-state index is 11.7. The van der Waals surface area contributed by atoms with E-state index in [1.165, 1.54) is 18.9 Å². The Morgan fingerprint density at radius 1 is 1.24 bits per heavy atom. The summed E-state index contributed by atoms with van der Waals surface area (Å²) in [5.74, 6) is -1.00. The topological polar surface area (TPSA) is 78.4 Å². The summed E-state index contributed by atoms with van der Waals surface area (Å²) in [5.41, 5.74) is 1.35. The van der Waals surface area contributed by atoms with Gasteiger partial charge in [0.2, 0.25) is 0 Å². The minimum absolute atomic E-state index is 0.245. The molecule has 0 aromatic heterocycles. The Labute approximate surface area is 125 Å². The van der Waals surface area contributed by atoms with Crippen LogP contribution in [0.15, 0.2) is 30.3 Å². The van der Waals surface area contributed by atoms with Crippen LogP contribution in [0.5, 0.6) is 0 Å². The molecular weight excluding hydrogens is 268 g/mol. The lowest BCUT2D eigenvalue weighted by Crippen LogP contribution is -2.29. The van der Waals surface area contributed by atoms with Crippen molar-refractivity contribution in [2.75, 3.05) is 11.9 Å². The van der Waals surface area contributed by atoms with E-state index in [0.29, 0.717) is 12.2 Å². The van der Waals surface area contributed by atoms with Gasteiger partial charge in [-0.05, 0) is 30.2 Å². The van der Waals surface area contributed by atoms with Crippen molar-refractivity contribution in [3.8, 4) is 0 Å². The van der Waals surface area contributed by atoms with E-state index in [0.717, 1.165) is 24.5 Å². The van der Waals surface area contributed by atoms with Gasteiger partial charge in [0.25, 0.3) is 0 Å². The molecular formula is C16H22N2O3. The predicted octanol–water partition coefficient (Wildman–Crippen LogP) is 3.49. The van der Waals surface area contributed by atoms with Crippen molar-refractivity contribution in [3.63, 3.8) is 0 Å². The predicted molar refractivity (Wildman–Crippen MR) is 84.3 cm³/mol. The van der Waals surface area contributed by atoms with Gasteiger partial charge < -0.3 is 15.7 Å². The number of carboxylic acids is 1. The third-order valence-corrected chi connectivity index (χ3v) is 2.88. The first kappa shape index (κ1) is 16.8. The highest BCUT2D eigenvalue weighted by molar-refractivity contribution is 5.90. The quantitative estimate of drug-likeness (QED) is 0.506. The molecule has 0 aliphatic carbocycles. The zero-order valence-electron chi connectivity index (χ0n) is 12.3. The Morgan fingerprint density at radius 3 is 2.76 bits per heavy atom. The van der Waals surface area contributed by atoms with E-state index >= 15 is 0 Å². The first-order valence-electron chi connectivity index (χ1n) is 7.17. The van der Waals surface area contributed by atoms with Crippen LogP contribution >= 0.6 is 0 Å². The molecule has 0 aliphatic rings. The van der Waals surface area contributed by atoms with E-state index in [1.807, 2.05) is 0 Å². The van der Waals surface area contributed by atoms with Crippen molar-refractivity contribution < 1.29 is 14.7 Å². The normalized spacial score (nSPS) is 10.5. The zero-order valence-corrected chi connectivity index (χ0v) is 12.3. The first-order valence-corrected chi connectivity index (χ1v) is 7.17. The van der Waals surface area contributed by atoms with Crippen molar-refractivity contribution in [2.24, 2.45) is 0 Å². The van der Waals surface area contributed by atoms with Gasteiger partial charge in [0.15, 0.2) is 0 Å². The van der Waals surface area contributed by atoms with Crippen LogP contribution in [0.3, 0.4) is 0 Å². The summed E-state index contributed by atoms with van der Waals surface area (Å²) in [5, 5.41) is 14.1. The highest BCUT2D eigenvalue weighted by atomic mass is 16.4. The fourth-order valence-corrected chi connectivity index (χ4v) is 1.82. The summed E-state index contributed by atoms with van der Waals surface area (Å²) in [4.78, 5) is 22.2. The van der Waals surface area contributed by atoms with Crippen molar-refractivity contribution in [1.29, 1.82) is 0 Å². The molecule has 0 unspecified atom stereocenters. The second kappa shape index (κ2) is 9.58. The summed E-state index contributed by atoms with van der Waals surface area (Å²) in [6.07, 6.45) is 6.99. The monoisotopic (exact) mass is 290 g/mol. The summed E-state index contributed by atoms with van der Waals surface area (Å²) < 4.78 is 0. The molecule has 0 spiro atoms. The lowest BCUT2D eigenvalue weighted by Gasteiger charge is -2.08. The minimum atomic E-state index is -1.00. The molecule has 0 radical (unpaired) electrons. The summed E-state index contributed by atoms with van der Waals surface area (Å²) in [6, 6.07) is 6.77. The van der Waals surface area contributed by atoms with Crippen LogP contribution in [-0.2, 0) is 4.79 Å². The number of nitrogens with one attached hydrogen (secondary N) is 2. The van der Waals surface area contributed by atoms with Gasteiger partial charge in [0.05, 0.1) is 0 Å². The van der Waals surface area contributed by atoms with Crippen LogP contribution in [-0.4, -0.2) is 23.7 Å². The van der Waals surface area contributed by atoms with Crippen molar-refractivity contribution in [2.45, 2.75) is 32.6 Å². The van der Waals surface area contributed by atoms with Crippen LogP contribution in [0, 0.1) is 0 Å². The average Bonchev–Trinajstić information content (AvgIpc) is 2.45. The smallest absolute Gasteiger partial charge is 0.328 e. The molecule has 1 rings (SSSR count). The number of unbranched alkanes of at least 4 members (excludes halogenated alkanes) is 3. The standard InChI is InChI=1S/C16H22N2O3/c1-2-3-4-5-11-17-16(21)18-14-8-6-7-13(12-14)9-10-15(19)20/h6-10,12H,2-5,11H2,1H3,(H,19,20)(H2,17,18,21)/b10-9+. The Balaban J connectivity index is 2.41. The van der Waals surface area contributed by atoms with E-state index in [4.69, 9.17) is 5.11 Å².